The zero-order valence-corrected chi connectivity index (χ0v) is 19.0. The lowest BCUT2D eigenvalue weighted by atomic mass is 9.87. The summed E-state index contributed by atoms with van der Waals surface area (Å²) in [5.74, 6) is 0.799. The second kappa shape index (κ2) is 9.37. The van der Waals surface area contributed by atoms with E-state index in [1.807, 2.05) is 30.7 Å². The van der Waals surface area contributed by atoms with Crippen LogP contribution in [0, 0.1) is 5.92 Å². The fourth-order valence-electron chi connectivity index (χ4n) is 3.30. The van der Waals surface area contributed by atoms with E-state index in [0.29, 0.717) is 29.0 Å². The van der Waals surface area contributed by atoms with Crippen molar-refractivity contribution >= 4 is 47.1 Å². The second-order valence-electron chi connectivity index (χ2n) is 7.46. The van der Waals surface area contributed by atoms with Crippen molar-refractivity contribution in [3.05, 3.63) is 58.3 Å². The summed E-state index contributed by atoms with van der Waals surface area (Å²) < 4.78 is 0. The SMILES string of the molecule is CC(N)=NCC1(C(C)C)N=CN(Cc2cccnc2)C1Sc1cc(Cl)cc(Cl)c1. The molecule has 0 radical (unpaired) electrons. The van der Waals surface area contributed by atoms with E-state index in [1.54, 1.807) is 30.9 Å². The predicted octanol–water partition coefficient (Wildman–Crippen LogP) is 5.12. The van der Waals surface area contributed by atoms with Crippen molar-refractivity contribution in [2.24, 2.45) is 21.6 Å². The van der Waals surface area contributed by atoms with E-state index in [9.17, 15) is 0 Å². The highest BCUT2D eigenvalue weighted by atomic mass is 35.5. The number of nitrogens with two attached hydrogens (primary N) is 1. The summed E-state index contributed by atoms with van der Waals surface area (Å²) in [6.07, 6.45) is 5.58. The molecule has 2 unspecified atom stereocenters. The van der Waals surface area contributed by atoms with E-state index in [-0.39, 0.29) is 11.3 Å². The summed E-state index contributed by atoms with van der Waals surface area (Å²) >= 11 is 14.2. The Bertz CT molecular complexity index is 879. The first-order chi connectivity index (χ1) is 13.8. The molecular weight excluding hydrogens is 425 g/mol. The van der Waals surface area contributed by atoms with Gasteiger partial charge in [-0.1, -0.05) is 54.9 Å². The van der Waals surface area contributed by atoms with Crippen LogP contribution in [0.25, 0.3) is 0 Å². The van der Waals surface area contributed by atoms with E-state index < -0.39 is 5.54 Å². The van der Waals surface area contributed by atoms with Gasteiger partial charge in [0.05, 0.1) is 18.7 Å². The summed E-state index contributed by atoms with van der Waals surface area (Å²) in [5.41, 5.74) is 6.55. The number of halogens is 2. The maximum absolute atomic E-state index is 6.25. The first kappa shape index (κ1) is 21.9. The topological polar surface area (TPSA) is 66.9 Å². The van der Waals surface area contributed by atoms with Gasteiger partial charge in [-0.25, -0.2) is 0 Å². The Hall–Kier alpha value is -1.76. The van der Waals surface area contributed by atoms with E-state index >= 15 is 0 Å². The van der Waals surface area contributed by atoms with Crippen LogP contribution in [0.5, 0.6) is 0 Å². The van der Waals surface area contributed by atoms with Crippen molar-refractivity contribution in [3.63, 3.8) is 0 Å². The van der Waals surface area contributed by atoms with Crippen molar-refractivity contribution in [1.82, 2.24) is 9.88 Å². The van der Waals surface area contributed by atoms with Crippen LogP contribution in [0.1, 0.15) is 26.3 Å². The van der Waals surface area contributed by atoms with Gasteiger partial charge < -0.3 is 10.6 Å². The summed E-state index contributed by atoms with van der Waals surface area (Å²) in [6, 6.07) is 9.61. The highest BCUT2D eigenvalue weighted by Gasteiger charge is 2.48. The molecule has 2 atom stereocenters. The third kappa shape index (κ3) is 5.24. The molecule has 3 rings (SSSR count). The quantitative estimate of drug-likeness (QED) is 0.470. The number of hydrogen-bond acceptors (Lipinski definition) is 5. The number of amidine groups is 1. The van der Waals surface area contributed by atoms with Crippen LogP contribution < -0.4 is 5.73 Å². The Morgan fingerprint density at radius 2 is 2.03 bits per heavy atom. The van der Waals surface area contributed by atoms with Gasteiger partial charge in [-0.3, -0.25) is 15.0 Å². The maximum atomic E-state index is 6.25. The number of benzene rings is 1. The van der Waals surface area contributed by atoms with Gasteiger partial charge in [0.1, 0.15) is 10.9 Å². The summed E-state index contributed by atoms with van der Waals surface area (Å²) in [6.45, 7) is 7.36. The molecule has 0 bridgehead atoms. The van der Waals surface area contributed by atoms with Crippen molar-refractivity contribution in [1.29, 1.82) is 0 Å². The molecule has 0 aliphatic carbocycles. The lowest BCUT2D eigenvalue weighted by Gasteiger charge is -2.39. The molecule has 1 aliphatic rings. The molecular formula is C21H25Cl2N5S. The molecule has 2 heterocycles. The third-order valence-electron chi connectivity index (χ3n) is 4.93. The Kier molecular flexibility index (Phi) is 7.09. The van der Waals surface area contributed by atoms with Crippen LogP contribution in [0.3, 0.4) is 0 Å². The highest BCUT2D eigenvalue weighted by molar-refractivity contribution is 8.00. The van der Waals surface area contributed by atoms with Crippen molar-refractivity contribution in [2.75, 3.05) is 6.54 Å². The summed E-state index contributed by atoms with van der Waals surface area (Å²) in [4.78, 5) is 17.0. The minimum absolute atomic E-state index is 0.000314. The lowest BCUT2D eigenvalue weighted by Crippen LogP contribution is -2.49. The number of pyridine rings is 1. The van der Waals surface area contributed by atoms with Crippen molar-refractivity contribution in [2.45, 2.75) is 43.1 Å². The largest absolute Gasteiger partial charge is 0.388 e. The van der Waals surface area contributed by atoms with Crippen LogP contribution in [0.2, 0.25) is 10.0 Å². The van der Waals surface area contributed by atoms with Crippen molar-refractivity contribution in [3.8, 4) is 0 Å². The minimum atomic E-state index is -0.428. The Labute approximate surface area is 186 Å². The van der Waals surface area contributed by atoms with Gasteiger partial charge in [0.2, 0.25) is 0 Å². The maximum Gasteiger partial charge on any atom is 0.114 e. The first-order valence-corrected chi connectivity index (χ1v) is 11.0. The van der Waals surface area contributed by atoms with Gasteiger partial charge >= 0.3 is 0 Å². The predicted molar refractivity (Wildman–Crippen MR) is 124 cm³/mol. The number of thioether (sulfide) groups is 1. The molecule has 8 heteroatoms. The Balaban J connectivity index is 1.98. The van der Waals surface area contributed by atoms with Gasteiger partial charge in [0.25, 0.3) is 0 Å². The van der Waals surface area contributed by atoms with E-state index in [2.05, 4.69) is 34.8 Å². The van der Waals surface area contributed by atoms with Crippen LogP contribution in [-0.2, 0) is 6.54 Å². The monoisotopic (exact) mass is 449 g/mol. The van der Waals surface area contributed by atoms with Gasteiger partial charge in [0, 0.05) is 33.9 Å². The fourth-order valence-corrected chi connectivity index (χ4v) is 5.48. The van der Waals surface area contributed by atoms with E-state index in [0.717, 1.165) is 10.5 Å². The van der Waals surface area contributed by atoms with Gasteiger partial charge in [0.15, 0.2) is 0 Å². The van der Waals surface area contributed by atoms with Crippen molar-refractivity contribution < 1.29 is 0 Å². The highest BCUT2D eigenvalue weighted by Crippen LogP contribution is 2.44. The molecule has 2 aromatic rings. The van der Waals surface area contributed by atoms with Gasteiger partial charge in [-0.2, -0.15) is 0 Å². The number of hydrogen-bond donors (Lipinski definition) is 1. The molecule has 1 aromatic heterocycles. The normalized spacial score (nSPS) is 21.9. The molecule has 0 spiro atoms. The number of aromatic nitrogens is 1. The minimum Gasteiger partial charge on any atom is -0.388 e. The number of nitrogens with zero attached hydrogens (tertiary/aromatic N) is 4. The van der Waals surface area contributed by atoms with E-state index in [1.165, 1.54) is 0 Å². The standard InChI is InChI=1S/C21H25Cl2N5S/c1-14(2)21(12-26-15(3)24)20(29-19-8-17(22)7-18(23)9-19)28(13-27-21)11-16-5-4-6-25-10-16/h4-10,13-14,20H,11-12H2,1-3H3,(H2,24,26). The molecule has 29 heavy (non-hydrogen) atoms. The molecule has 154 valence electrons. The van der Waals surface area contributed by atoms with Gasteiger partial charge in [-0.05, 0) is 42.7 Å². The summed E-state index contributed by atoms with van der Waals surface area (Å²) in [7, 11) is 0. The first-order valence-electron chi connectivity index (χ1n) is 9.39. The van der Waals surface area contributed by atoms with Gasteiger partial charge in [-0.15, -0.1) is 0 Å². The van der Waals surface area contributed by atoms with Crippen LogP contribution in [0.4, 0.5) is 0 Å². The van der Waals surface area contributed by atoms with Crippen LogP contribution in [-0.4, -0.2) is 39.5 Å². The molecule has 1 aromatic carbocycles. The molecule has 0 fully saturated rings. The third-order valence-corrected chi connectivity index (χ3v) is 6.78. The molecule has 2 N–H and O–H groups in total. The average Bonchev–Trinajstić information content (AvgIpc) is 2.99. The molecule has 5 nitrogen and oxygen atoms in total. The zero-order chi connectivity index (χ0) is 21.0. The molecule has 0 saturated heterocycles. The average molecular weight is 450 g/mol. The number of aliphatic imine (C=N–C) groups is 2. The Morgan fingerprint density at radius 1 is 1.31 bits per heavy atom. The zero-order valence-electron chi connectivity index (χ0n) is 16.7. The smallest absolute Gasteiger partial charge is 0.114 e. The lowest BCUT2D eigenvalue weighted by molar-refractivity contribution is 0.249. The molecule has 0 saturated carbocycles. The second-order valence-corrected chi connectivity index (χ2v) is 9.48. The Morgan fingerprint density at radius 3 is 2.62 bits per heavy atom. The molecule has 1 aliphatic heterocycles. The van der Waals surface area contributed by atoms with Crippen LogP contribution in [0.15, 0.2) is 57.6 Å². The van der Waals surface area contributed by atoms with Crippen LogP contribution >= 0.6 is 35.0 Å². The molecule has 0 amide bonds. The number of rotatable bonds is 7. The summed E-state index contributed by atoms with van der Waals surface area (Å²) in [5, 5.41) is 1.23. The fraction of sp³-hybridized carbons (Fsp3) is 0.381. The van der Waals surface area contributed by atoms with E-state index in [4.69, 9.17) is 33.9 Å².